The first-order chi connectivity index (χ1) is 17.6. The fourth-order valence-corrected chi connectivity index (χ4v) is 7.34. The fourth-order valence-electron chi connectivity index (χ4n) is 4.79. The van der Waals surface area contributed by atoms with Crippen molar-refractivity contribution in [2.75, 3.05) is 4.90 Å². The van der Waals surface area contributed by atoms with Gasteiger partial charge in [0.1, 0.15) is 11.2 Å². The van der Waals surface area contributed by atoms with E-state index in [4.69, 9.17) is 16.0 Å². The molecule has 1 aromatic heterocycles. The van der Waals surface area contributed by atoms with Crippen LogP contribution < -0.4 is 4.90 Å². The van der Waals surface area contributed by atoms with Gasteiger partial charge in [-0.1, -0.05) is 77.6 Å². The van der Waals surface area contributed by atoms with Gasteiger partial charge in [-0.2, -0.15) is 0 Å². The molecule has 0 unspecified atom stereocenters. The maximum atomic E-state index is 6.91. The number of fused-ring (bicyclic) bond motifs is 5. The zero-order chi connectivity index (χ0) is 24.2. The number of furan rings is 1. The van der Waals surface area contributed by atoms with Crippen molar-refractivity contribution in [2.45, 2.75) is 26.5 Å². The van der Waals surface area contributed by atoms with Crippen LogP contribution in [0.1, 0.15) is 5.56 Å². The molecule has 7 rings (SSSR count). The van der Waals surface area contributed by atoms with E-state index in [1.54, 1.807) is 0 Å². The van der Waals surface area contributed by atoms with E-state index in [1.165, 1.54) is 25.1 Å². The molecule has 0 bridgehead atoms. The highest BCUT2D eigenvalue weighted by molar-refractivity contribution is 8.05. The fraction of sp³-hybridized carbons (Fsp3) is 0.0323. The molecule has 2 heterocycles. The SMILES string of the molecule is Cc1cccc(N(c2ccc3c(c2)Sc2ccccc2S3)c2cc(Cl)c3c(c2)oc2ccccc23)c1. The van der Waals surface area contributed by atoms with E-state index in [-0.39, 0.29) is 0 Å². The van der Waals surface area contributed by atoms with Crippen LogP contribution in [0.25, 0.3) is 21.9 Å². The number of rotatable bonds is 3. The molecule has 5 heteroatoms. The number of halogens is 1. The second-order valence-electron chi connectivity index (χ2n) is 8.86. The first-order valence-corrected chi connectivity index (χ1v) is 13.7. The normalized spacial score (nSPS) is 12.5. The Kier molecular flexibility index (Phi) is 5.28. The Morgan fingerprint density at radius 2 is 1.33 bits per heavy atom. The lowest BCUT2D eigenvalue weighted by Crippen LogP contribution is -2.10. The molecule has 174 valence electrons. The largest absolute Gasteiger partial charge is 0.456 e. The quantitative estimate of drug-likeness (QED) is 0.230. The summed E-state index contributed by atoms with van der Waals surface area (Å²) in [6.45, 7) is 2.12. The number of nitrogens with zero attached hydrogens (tertiary/aromatic N) is 1. The molecule has 0 N–H and O–H groups in total. The molecule has 0 saturated carbocycles. The van der Waals surface area contributed by atoms with Crippen molar-refractivity contribution in [3.05, 3.63) is 114 Å². The van der Waals surface area contributed by atoms with Gasteiger partial charge in [-0.3, -0.25) is 0 Å². The molecule has 0 saturated heterocycles. The second kappa shape index (κ2) is 8.67. The molecule has 5 aromatic carbocycles. The third-order valence-corrected chi connectivity index (χ3v) is 9.25. The highest BCUT2D eigenvalue weighted by Crippen LogP contribution is 2.50. The molecule has 0 fully saturated rings. The Morgan fingerprint density at radius 3 is 2.17 bits per heavy atom. The van der Waals surface area contributed by atoms with Crippen LogP contribution in [0.3, 0.4) is 0 Å². The van der Waals surface area contributed by atoms with Crippen LogP contribution in [0.15, 0.2) is 127 Å². The molecule has 0 aliphatic carbocycles. The Morgan fingerprint density at radius 1 is 0.611 bits per heavy atom. The Hall–Kier alpha value is -3.31. The molecular formula is C31H20ClNOS2. The van der Waals surface area contributed by atoms with Crippen LogP contribution in [0.2, 0.25) is 5.02 Å². The molecule has 6 aromatic rings. The molecule has 36 heavy (non-hydrogen) atoms. The Labute approximate surface area is 222 Å². The van der Waals surface area contributed by atoms with Gasteiger partial charge in [0.2, 0.25) is 0 Å². The predicted octanol–water partition coefficient (Wildman–Crippen LogP) is 10.6. The lowest BCUT2D eigenvalue weighted by molar-refractivity contribution is 0.669. The molecular weight excluding hydrogens is 502 g/mol. The standard InChI is InChI=1S/C31H20ClNOS2/c1-19-7-6-8-20(15-19)33(21-13-14-29-30(18-21)36-28-12-5-4-11-27(28)35-29)22-16-24(32)31-23-9-2-3-10-25(23)34-26(31)17-22/h2-18H,1H3. The summed E-state index contributed by atoms with van der Waals surface area (Å²) < 4.78 is 6.23. The van der Waals surface area contributed by atoms with Crippen molar-refractivity contribution in [1.82, 2.24) is 0 Å². The van der Waals surface area contributed by atoms with E-state index in [2.05, 4.69) is 90.7 Å². The van der Waals surface area contributed by atoms with Gasteiger partial charge < -0.3 is 9.32 Å². The highest BCUT2D eigenvalue weighted by Gasteiger charge is 2.21. The van der Waals surface area contributed by atoms with E-state index in [9.17, 15) is 0 Å². The van der Waals surface area contributed by atoms with Crippen molar-refractivity contribution in [2.24, 2.45) is 0 Å². The van der Waals surface area contributed by atoms with Gasteiger partial charge in [-0.15, -0.1) is 0 Å². The molecule has 0 amide bonds. The summed E-state index contributed by atoms with van der Waals surface area (Å²) in [5.74, 6) is 0. The number of hydrogen-bond donors (Lipinski definition) is 0. The van der Waals surface area contributed by atoms with E-state index in [0.717, 1.165) is 39.0 Å². The van der Waals surface area contributed by atoms with Crippen molar-refractivity contribution in [1.29, 1.82) is 0 Å². The monoisotopic (exact) mass is 521 g/mol. The van der Waals surface area contributed by atoms with Gasteiger partial charge in [0, 0.05) is 47.8 Å². The van der Waals surface area contributed by atoms with Crippen molar-refractivity contribution < 1.29 is 4.42 Å². The van der Waals surface area contributed by atoms with Crippen LogP contribution in [0.4, 0.5) is 17.1 Å². The summed E-state index contributed by atoms with van der Waals surface area (Å²) in [4.78, 5) is 7.39. The van der Waals surface area contributed by atoms with E-state index < -0.39 is 0 Å². The molecule has 0 radical (unpaired) electrons. The Bertz CT molecular complexity index is 1790. The van der Waals surface area contributed by atoms with Crippen molar-refractivity contribution in [3.63, 3.8) is 0 Å². The zero-order valence-corrected chi connectivity index (χ0v) is 21.8. The zero-order valence-electron chi connectivity index (χ0n) is 19.4. The lowest BCUT2D eigenvalue weighted by atomic mass is 10.1. The van der Waals surface area contributed by atoms with E-state index in [1.807, 2.05) is 47.8 Å². The van der Waals surface area contributed by atoms with E-state index in [0.29, 0.717) is 5.02 Å². The van der Waals surface area contributed by atoms with Crippen LogP contribution >= 0.6 is 35.1 Å². The minimum Gasteiger partial charge on any atom is -0.456 e. The van der Waals surface area contributed by atoms with Gasteiger partial charge in [0.15, 0.2) is 0 Å². The van der Waals surface area contributed by atoms with Crippen molar-refractivity contribution >= 4 is 74.1 Å². The van der Waals surface area contributed by atoms with Gasteiger partial charge in [0.05, 0.1) is 10.7 Å². The summed E-state index contributed by atoms with van der Waals surface area (Å²) in [6.07, 6.45) is 0. The van der Waals surface area contributed by atoms with Crippen molar-refractivity contribution in [3.8, 4) is 0 Å². The molecule has 1 aliphatic heterocycles. The van der Waals surface area contributed by atoms with E-state index >= 15 is 0 Å². The molecule has 2 nitrogen and oxygen atoms in total. The van der Waals surface area contributed by atoms with Crippen LogP contribution in [-0.4, -0.2) is 0 Å². The smallest absolute Gasteiger partial charge is 0.139 e. The Balaban J connectivity index is 1.41. The first kappa shape index (κ1) is 21.9. The van der Waals surface area contributed by atoms with Gasteiger partial charge >= 0.3 is 0 Å². The van der Waals surface area contributed by atoms with Gasteiger partial charge in [0.25, 0.3) is 0 Å². The summed E-state index contributed by atoms with van der Waals surface area (Å²) >= 11 is 10.6. The van der Waals surface area contributed by atoms with Gasteiger partial charge in [-0.05, 0) is 67.1 Å². The number of aryl methyl sites for hydroxylation is 1. The van der Waals surface area contributed by atoms with Crippen LogP contribution in [-0.2, 0) is 0 Å². The minimum atomic E-state index is 0.682. The summed E-state index contributed by atoms with van der Waals surface area (Å²) in [7, 11) is 0. The number of benzene rings is 5. The maximum absolute atomic E-state index is 6.91. The predicted molar refractivity (Wildman–Crippen MR) is 153 cm³/mol. The molecule has 1 aliphatic rings. The molecule has 0 atom stereocenters. The number of hydrogen-bond acceptors (Lipinski definition) is 4. The number of para-hydroxylation sites is 1. The lowest BCUT2D eigenvalue weighted by Gasteiger charge is -2.28. The first-order valence-electron chi connectivity index (χ1n) is 11.7. The molecule has 0 spiro atoms. The summed E-state index contributed by atoms with van der Waals surface area (Å²) in [5.41, 5.74) is 5.95. The highest BCUT2D eigenvalue weighted by atomic mass is 35.5. The average molecular weight is 522 g/mol. The summed E-state index contributed by atoms with van der Waals surface area (Å²) in [6, 6.07) is 36.0. The maximum Gasteiger partial charge on any atom is 0.139 e. The second-order valence-corrected chi connectivity index (χ2v) is 11.4. The minimum absolute atomic E-state index is 0.682. The average Bonchev–Trinajstić information content (AvgIpc) is 3.27. The third kappa shape index (κ3) is 3.68. The van der Waals surface area contributed by atoms with Crippen LogP contribution in [0, 0.1) is 6.92 Å². The third-order valence-electron chi connectivity index (χ3n) is 6.41. The van der Waals surface area contributed by atoms with Gasteiger partial charge in [-0.25, -0.2) is 0 Å². The summed E-state index contributed by atoms with van der Waals surface area (Å²) in [5, 5.41) is 2.67. The number of anilines is 3. The topological polar surface area (TPSA) is 16.4 Å². The van der Waals surface area contributed by atoms with Crippen LogP contribution in [0.5, 0.6) is 0 Å².